The summed E-state index contributed by atoms with van der Waals surface area (Å²) in [4.78, 5) is 19.1. The molecule has 1 aliphatic heterocycles. The minimum atomic E-state index is -0.932. The highest BCUT2D eigenvalue weighted by atomic mass is 32.1. The van der Waals surface area contributed by atoms with Crippen LogP contribution in [0.3, 0.4) is 0 Å². The Balaban J connectivity index is 1.96. The third kappa shape index (κ3) is 2.08. The molecule has 0 aromatic carbocycles. The fourth-order valence-electron chi connectivity index (χ4n) is 2.78. The van der Waals surface area contributed by atoms with Crippen LogP contribution >= 0.6 is 11.3 Å². The van der Waals surface area contributed by atoms with Crippen LogP contribution in [0.5, 0.6) is 0 Å². The van der Waals surface area contributed by atoms with Crippen molar-refractivity contribution < 1.29 is 9.90 Å². The van der Waals surface area contributed by atoms with E-state index in [0.29, 0.717) is 0 Å². The Morgan fingerprint density at radius 2 is 2.35 bits per heavy atom. The molecule has 5 heteroatoms. The summed E-state index contributed by atoms with van der Waals surface area (Å²) >= 11 is 1.81. The molecule has 4 nitrogen and oxygen atoms in total. The van der Waals surface area contributed by atoms with Gasteiger partial charge in [-0.2, -0.15) is 0 Å². The highest BCUT2D eigenvalue weighted by Gasteiger charge is 2.26. The lowest BCUT2D eigenvalue weighted by atomic mass is 10.0. The molecule has 3 rings (SSSR count). The van der Waals surface area contributed by atoms with E-state index < -0.39 is 5.97 Å². The average Bonchev–Trinajstić information content (AvgIpc) is 2.89. The van der Waals surface area contributed by atoms with Crippen molar-refractivity contribution in [1.29, 1.82) is 0 Å². The highest BCUT2D eigenvalue weighted by Crippen LogP contribution is 2.36. The minimum Gasteiger partial charge on any atom is -0.478 e. The first-order valence-electron chi connectivity index (χ1n) is 6.61. The van der Waals surface area contributed by atoms with Gasteiger partial charge in [0.2, 0.25) is 0 Å². The SMILES string of the molecule is Cc1cc(C(=O)O)cnc1N1CCc2sccc2C1C. The van der Waals surface area contributed by atoms with Gasteiger partial charge in [0.05, 0.1) is 11.6 Å². The lowest BCUT2D eigenvalue weighted by molar-refractivity contribution is 0.0696. The van der Waals surface area contributed by atoms with E-state index >= 15 is 0 Å². The van der Waals surface area contributed by atoms with Gasteiger partial charge in [-0.05, 0) is 48.9 Å². The number of hydrogen-bond donors (Lipinski definition) is 1. The molecule has 0 fully saturated rings. The molecule has 0 spiro atoms. The lowest BCUT2D eigenvalue weighted by Gasteiger charge is -2.35. The summed E-state index contributed by atoms with van der Waals surface area (Å²) in [6, 6.07) is 4.16. The quantitative estimate of drug-likeness (QED) is 0.921. The topological polar surface area (TPSA) is 53.4 Å². The van der Waals surface area contributed by atoms with Gasteiger partial charge in [0, 0.05) is 17.6 Å². The van der Waals surface area contributed by atoms with Crippen LogP contribution in [-0.4, -0.2) is 22.6 Å². The number of aromatic nitrogens is 1. The maximum atomic E-state index is 11.0. The zero-order valence-corrected chi connectivity index (χ0v) is 12.3. The van der Waals surface area contributed by atoms with Gasteiger partial charge in [-0.15, -0.1) is 11.3 Å². The average molecular weight is 288 g/mol. The first-order valence-corrected chi connectivity index (χ1v) is 7.48. The summed E-state index contributed by atoms with van der Waals surface area (Å²) in [5, 5.41) is 11.2. The molecule has 0 aliphatic carbocycles. The van der Waals surface area contributed by atoms with Crippen LogP contribution < -0.4 is 4.90 Å². The predicted molar refractivity (Wildman–Crippen MR) is 79.7 cm³/mol. The van der Waals surface area contributed by atoms with Gasteiger partial charge < -0.3 is 10.0 Å². The van der Waals surface area contributed by atoms with Crippen molar-refractivity contribution in [1.82, 2.24) is 4.98 Å². The summed E-state index contributed by atoms with van der Waals surface area (Å²) in [5.41, 5.74) is 2.52. The molecule has 2 aromatic rings. The van der Waals surface area contributed by atoms with Crippen molar-refractivity contribution in [3.8, 4) is 0 Å². The number of pyridine rings is 1. The maximum Gasteiger partial charge on any atom is 0.337 e. The second kappa shape index (κ2) is 4.90. The molecule has 0 radical (unpaired) electrons. The van der Waals surface area contributed by atoms with Crippen LogP contribution in [-0.2, 0) is 6.42 Å². The molecule has 2 aromatic heterocycles. The molecule has 20 heavy (non-hydrogen) atoms. The van der Waals surface area contributed by atoms with Crippen LogP contribution in [0.2, 0.25) is 0 Å². The molecule has 3 heterocycles. The highest BCUT2D eigenvalue weighted by molar-refractivity contribution is 7.10. The van der Waals surface area contributed by atoms with Gasteiger partial charge >= 0.3 is 5.97 Å². The maximum absolute atomic E-state index is 11.0. The molecule has 0 amide bonds. The summed E-state index contributed by atoms with van der Waals surface area (Å²) in [7, 11) is 0. The van der Waals surface area contributed by atoms with E-state index in [9.17, 15) is 4.79 Å². The normalized spacial score (nSPS) is 17.9. The van der Waals surface area contributed by atoms with Crippen LogP contribution in [0, 0.1) is 6.92 Å². The zero-order chi connectivity index (χ0) is 14.3. The number of carboxylic acids is 1. The van der Waals surface area contributed by atoms with Crippen molar-refractivity contribution in [3.05, 3.63) is 45.3 Å². The van der Waals surface area contributed by atoms with E-state index in [4.69, 9.17) is 5.11 Å². The summed E-state index contributed by atoms with van der Waals surface area (Å²) in [6.45, 7) is 5.02. The number of aromatic carboxylic acids is 1. The number of nitrogens with zero attached hydrogens (tertiary/aromatic N) is 2. The Hall–Kier alpha value is -1.88. The van der Waals surface area contributed by atoms with E-state index in [-0.39, 0.29) is 11.6 Å². The van der Waals surface area contributed by atoms with E-state index in [0.717, 1.165) is 24.3 Å². The number of anilines is 1. The first kappa shape index (κ1) is 13.1. The fraction of sp³-hybridized carbons (Fsp3) is 0.333. The number of thiophene rings is 1. The third-order valence-electron chi connectivity index (χ3n) is 3.85. The Morgan fingerprint density at radius 1 is 1.55 bits per heavy atom. The van der Waals surface area contributed by atoms with Gasteiger partial charge in [-0.1, -0.05) is 0 Å². The second-order valence-electron chi connectivity index (χ2n) is 5.09. The van der Waals surface area contributed by atoms with Crippen LogP contribution in [0.15, 0.2) is 23.7 Å². The number of rotatable bonds is 2. The molecular weight excluding hydrogens is 272 g/mol. The van der Waals surface area contributed by atoms with Crippen molar-refractivity contribution in [2.75, 3.05) is 11.4 Å². The van der Waals surface area contributed by atoms with Crippen molar-refractivity contribution in [2.45, 2.75) is 26.3 Å². The molecule has 0 bridgehead atoms. The smallest absolute Gasteiger partial charge is 0.337 e. The Kier molecular flexibility index (Phi) is 3.22. The summed E-state index contributed by atoms with van der Waals surface area (Å²) in [6.07, 6.45) is 2.47. The molecule has 1 aliphatic rings. The molecular formula is C15H16N2O2S. The Morgan fingerprint density at radius 3 is 3.05 bits per heavy atom. The number of carboxylic acid groups (broad SMARTS) is 1. The monoisotopic (exact) mass is 288 g/mol. The van der Waals surface area contributed by atoms with Crippen molar-refractivity contribution >= 4 is 23.1 Å². The van der Waals surface area contributed by atoms with Crippen LogP contribution in [0.1, 0.15) is 39.3 Å². The summed E-state index contributed by atoms with van der Waals surface area (Å²) in [5.74, 6) is -0.0432. The van der Waals surface area contributed by atoms with Gasteiger partial charge in [-0.3, -0.25) is 0 Å². The standard InChI is InChI=1S/C15H16N2O2S/c1-9-7-11(15(18)19)8-16-14(9)17-5-3-13-12(10(17)2)4-6-20-13/h4,6-8,10H,3,5H2,1-2H3,(H,18,19). The van der Waals surface area contributed by atoms with E-state index in [1.807, 2.05) is 18.3 Å². The van der Waals surface area contributed by atoms with Crippen LogP contribution in [0.25, 0.3) is 0 Å². The lowest BCUT2D eigenvalue weighted by Crippen LogP contribution is -2.34. The molecule has 1 atom stereocenters. The molecule has 0 saturated heterocycles. The van der Waals surface area contributed by atoms with E-state index in [1.165, 1.54) is 16.6 Å². The number of aryl methyl sites for hydroxylation is 1. The third-order valence-corrected chi connectivity index (χ3v) is 4.84. The molecule has 104 valence electrons. The minimum absolute atomic E-state index is 0.243. The van der Waals surface area contributed by atoms with Crippen LogP contribution in [0.4, 0.5) is 5.82 Å². The van der Waals surface area contributed by atoms with Crippen molar-refractivity contribution in [3.63, 3.8) is 0 Å². The zero-order valence-electron chi connectivity index (χ0n) is 11.5. The number of fused-ring (bicyclic) bond motifs is 1. The molecule has 0 saturated carbocycles. The van der Waals surface area contributed by atoms with Crippen molar-refractivity contribution in [2.24, 2.45) is 0 Å². The second-order valence-corrected chi connectivity index (χ2v) is 6.09. The largest absolute Gasteiger partial charge is 0.478 e. The van der Waals surface area contributed by atoms with Gasteiger partial charge in [0.25, 0.3) is 0 Å². The molecule has 1 unspecified atom stereocenters. The Labute approximate surface area is 121 Å². The Bertz CT molecular complexity index is 666. The summed E-state index contributed by atoms with van der Waals surface area (Å²) < 4.78 is 0. The van der Waals surface area contributed by atoms with E-state index in [2.05, 4.69) is 28.3 Å². The first-order chi connectivity index (χ1) is 9.58. The van der Waals surface area contributed by atoms with Gasteiger partial charge in [-0.25, -0.2) is 9.78 Å². The van der Waals surface area contributed by atoms with Gasteiger partial charge in [0.1, 0.15) is 5.82 Å². The van der Waals surface area contributed by atoms with E-state index in [1.54, 1.807) is 6.07 Å². The fourth-order valence-corrected chi connectivity index (χ4v) is 3.75. The predicted octanol–water partition coefficient (Wildman–Crippen LogP) is 3.27. The van der Waals surface area contributed by atoms with Gasteiger partial charge in [0.15, 0.2) is 0 Å². The number of hydrogen-bond acceptors (Lipinski definition) is 4. The molecule has 1 N–H and O–H groups in total. The number of carbonyl (C=O) groups is 1.